The van der Waals surface area contributed by atoms with Crippen LogP contribution >= 0.6 is 11.6 Å². The van der Waals surface area contributed by atoms with Crippen molar-refractivity contribution < 1.29 is 37.8 Å². The van der Waals surface area contributed by atoms with Crippen LogP contribution in [0.3, 0.4) is 0 Å². The van der Waals surface area contributed by atoms with Crippen LogP contribution in [0.25, 0.3) is 0 Å². The summed E-state index contributed by atoms with van der Waals surface area (Å²) >= 11 is 5.72. The van der Waals surface area contributed by atoms with Gasteiger partial charge in [-0.3, -0.25) is 9.59 Å². The number of carbonyl (C=O) groups excluding carboxylic acids is 3. The van der Waals surface area contributed by atoms with E-state index in [1.807, 2.05) is 0 Å². The number of piperidine rings is 1. The van der Waals surface area contributed by atoms with Crippen molar-refractivity contribution in [2.45, 2.75) is 63.4 Å². The Balaban J connectivity index is 1.31. The number of rotatable bonds is 6. The molecule has 1 aromatic carbocycles. The maximum Gasteiger partial charge on any atom is 0.417 e. The lowest BCUT2D eigenvalue weighted by molar-refractivity contribution is -0.144. The van der Waals surface area contributed by atoms with Crippen molar-refractivity contribution in [2.24, 2.45) is 5.41 Å². The van der Waals surface area contributed by atoms with Crippen LogP contribution in [0.2, 0.25) is 5.02 Å². The summed E-state index contributed by atoms with van der Waals surface area (Å²) in [4.78, 5) is 43.0. The van der Waals surface area contributed by atoms with Crippen LogP contribution in [0.5, 0.6) is 0 Å². The highest BCUT2D eigenvalue weighted by atomic mass is 35.5. The summed E-state index contributed by atoms with van der Waals surface area (Å²) in [5.41, 5.74) is -0.985. The van der Waals surface area contributed by atoms with E-state index in [2.05, 4.69) is 5.32 Å². The van der Waals surface area contributed by atoms with Crippen molar-refractivity contribution in [1.29, 1.82) is 0 Å². The van der Waals surface area contributed by atoms with Gasteiger partial charge in [-0.05, 0) is 56.2 Å². The van der Waals surface area contributed by atoms with Crippen molar-refractivity contribution in [3.8, 4) is 0 Å². The van der Waals surface area contributed by atoms with E-state index in [1.54, 1.807) is 4.90 Å². The molecule has 3 N–H and O–H groups in total. The van der Waals surface area contributed by atoms with E-state index in [0.29, 0.717) is 13.1 Å². The number of nitrogens with zero attached hydrogens (tertiary/aromatic N) is 3. The average molecular weight is 561 g/mol. The van der Waals surface area contributed by atoms with Gasteiger partial charge >= 0.3 is 12.2 Å². The molecule has 3 fully saturated rings. The zero-order chi connectivity index (χ0) is 27.8. The fourth-order valence-electron chi connectivity index (χ4n) is 5.33. The summed E-state index contributed by atoms with van der Waals surface area (Å²) in [5.74, 6) is -0.542. The van der Waals surface area contributed by atoms with Crippen LogP contribution in [-0.2, 0) is 15.8 Å². The molecule has 1 aromatic rings. The first-order valence-corrected chi connectivity index (χ1v) is 13.1. The number of hydrogen-bond donors (Lipinski definition) is 3. The van der Waals surface area contributed by atoms with Crippen LogP contribution in [0.1, 0.15) is 44.6 Å². The first-order valence-electron chi connectivity index (χ1n) is 12.7. The second-order valence-corrected chi connectivity index (χ2v) is 10.8. The summed E-state index contributed by atoms with van der Waals surface area (Å²) in [6.07, 6.45) is -2.03. The topological polar surface area (TPSA) is 113 Å². The van der Waals surface area contributed by atoms with Crippen LogP contribution in [0.15, 0.2) is 18.2 Å². The molecule has 9 nitrogen and oxygen atoms in total. The maximum atomic E-state index is 13.1. The standard InChI is InChI=1S/C25H32ClF3N4O5/c1-15-22(37)33(17(14-34)3-5-21(36)31-9-8-24(6-7-24)20(35)13-31)11-10-32(15)23(38)30-16-2-4-18(19(26)12-16)25(27,28)29/h2,4,12,15,17,20,34-35H,3,5-11,13-14H2,1H3,(H,30,38)/t15-,17-,20+/m0/s1. The first-order chi connectivity index (χ1) is 17.9. The molecule has 4 amide bonds. The molecule has 0 bridgehead atoms. The second-order valence-electron chi connectivity index (χ2n) is 10.4. The van der Waals surface area contributed by atoms with E-state index >= 15 is 0 Å². The number of amides is 4. The van der Waals surface area contributed by atoms with Crippen molar-refractivity contribution in [1.82, 2.24) is 14.7 Å². The fourth-order valence-corrected chi connectivity index (χ4v) is 5.62. The highest BCUT2D eigenvalue weighted by Crippen LogP contribution is 2.53. The van der Waals surface area contributed by atoms with Gasteiger partial charge in [0.1, 0.15) is 6.04 Å². The van der Waals surface area contributed by atoms with E-state index in [1.165, 1.54) is 16.7 Å². The third-order valence-electron chi connectivity index (χ3n) is 8.04. The monoisotopic (exact) mass is 560 g/mol. The number of β-amino-alcohol motifs (C(OH)–C–C–N with tert-alkyl or cyclic N) is 1. The van der Waals surface area contributed by atoms with E-state index < -0.39 is 46.9 Å². The lowest BCUT2D eigenvalue weighted by atomic mass is 9.90. The molecular weight excluding hydrogens is 529 g/mol. The second kappa shape index (κ2) is 10.9. The van der Waals surface area contributed by atoms with E-state index in [0.717, 1.165) is 37.5 Å². The highest BCUT2D eigenvalue weighted by molar-refractivity contribution is 6.31. The quantitative estimate of drug-likeness (QED) is 0.495. The zero-order valence-electron chi connectivity index (χ0n) is 21.0. The molecule has 0 aromatic heterocycles. The smallest absolute Gasteiger partial charge is 0.394 e. The van der Waals surface area contributed by atoms with Crippen LogP contribution in [0, 0.1) is 5.41 Å². The molecule has 38 heavy (non-hydrogen) atoms. The van der Waals surface area contributed by atoms with Crippen LogP contribution in [0.4, 0.5) is 23.7 Å². The number of piperazine rings is 1. The summed E-state index contributed by atoms with van der Waals surface area (Å²) in [6.45, 7) is 2.31. The summed E-state index contributed by atoms with van der Waals surface area (Å²) < 4.78 is 38.8. The van der Waals surface area contributed by atoms with Crippen molar-refractivity contribution in [2.75, 3.05) is 38.1 Å². The molecule has 2 aliphatic heterocycles. The average Bonchev–Trinajstić information content (AvgIpc) is 3.63. The number of nitrogens with one attached hydrogen (secondary N) is 1. The zero-order valence-corrected chi connectivity index (χ0v) is 21.8. The number of halogens is 4. The molecule has 1 saturated carbocycles. The molecule has 4 rings (SSSR count). The molecule has 210 valence electrons. The SMILES string of the molecule is C[C@H]1C(=O)N([C@H](CO)CCC(=O)N2CCC3(CC3)[C@H](O)C2)CCN1C(=O)Nc1ccc(C(F)(F)F)c(Cl)c1. The predicted octanol–water partition coefficient (Wildman–Crippen LogP) is 2.94. The molecule has 2 heterocycles. The minimum Gasteiger partial charge on any atom is -0.394 e. The van der Waals surface area contributed by atoms with Gasteiger partial charge in [-0.1, -0.05) is 11.6 Å². The highest BCUT2D eigenvalue weighted by Gasteiger charge is 2.51. The Morgan fingerprint density at radius 1 is 1.21 bits per heavy atom. The fraction of sp³-hybridized carbons (Fsp3) is 0.640. The molecule has 1 spiro atoms. The lowest BCUT2D eigenvalue weighted by Gasteiger charge is -2.42. The Morgan fingerprint density at radius 3 is 2.50 bits per heavy atom. The predicted molar refractivity (Wildman–Crippen MR) is 132 cm³/mol. The number of urea groups is 1. The minimum atomic E-state index is -4.63. The Hall–Kier alpha value is -2.57. The Bertz CT molecular complexity index is 1080. The van der Waals surface area contributed by atoms with Gasteiger partial charge in [0.05, 0.1) is 29.3 Å². The number of aliphatic hydroxyl groups excluding tert-OH is 2. The molecule has 3 atom stereocenters. The molecule has 2 saturated heterocycles. The van der Waals surface area contributed by atoms with Gasteiger partial charge in [-0.15, -0.1) is 0 Å². The van der Waals surface area contributed by atoms with E-state index in [-0.39, 0.29) is 49.5 Å². The van der Waals surface area contributed by atoms with Gasteiger partial charge in [-0.25, -0.2) is 4.79 Å². The van der Waals surface area contributed by atoms with Gasteiger partial charge < -0.3 is 30.2 Å². The van der Waals surface area contributed by atoms with Crippen LogP contribution < -0.4 is 5.32 Å². The lowest BCUT2D eigenvalue weighted by Crippen LogP contribution is -2.61. The largest absolute Gasteiger partial charge is 0.417 e. The normalized spacial score (nSPS) is 24.0. The number of alkyl halides is 3. The van der Waals surface area contributed by atoms with Crippen molar-refractivity contribution >= 4 is 35.1 Å². The summed E-state index contributed by atoms with van der Waals surface area (Å²) in [5, 5.41) is 22.2. The third-order valence-corrected chi connectivity index (χ3v) is 8.36. The number of carbonyl (C=O) groups is 3. The maximum absolute atomic E-state index is 13.1. The molecule has 1 aliphatic carbocycles. The Morgan fingerprint density at radius 2 is 1.92 bits per heavy atom. The van der Waals surface area contributed by atoms with Crippen molar-refractivity contribution in [3.63, 3.8) is 0 Å². The molecule has 0 radical (unpaired) electrons. The minimum absolute atomic E-state index is 0.0162. The van der Waals surface area contributed by atoms with Gasteiger partial charge in [0.25, 0.3) is 0 Å². The van der Waals surface area contributed by atoms with E-state index in [4.69, 9.17) is 11.6 Å². The number of anilines is 1. The third kappa shape index (κ3) is 5.86. The number of likely N-dealkylation sites (tertiary alicyclic amines) is 1. The van der Waals surface area contributed by atoms with Crippen molar-refractivity contribution in [3.05, 3.63) is 28.8 Å². The number of benzene rings is 1. The van der Waals surface area contributed by atoms with E-state index in [9.17, 15) is 37.8 Å². The molecule has 3 aliphatic rings. The first kappa shape index (κ1) is 28.4. The molecule has 13 heteroatoms. The van der Waals surface area contributed by atoms with Gasteiger partial charge in [0.15, 0.2) is 0 Å². The Labute approximate surface area is 223 Å². The molecule has 0 unspecified atom stereocenters. The van der Waals surface area contributed by atoms with Gasteiger partial charge in [-0.2, -0.15) is 13.2 Å². The van der Waals surface area contributed by atoms with Gasteiger partial charge in [0.2, 0.25) is 11.8 Å². The Kier molecular flexibility index (Phi) is 8.15. The van der Waals surface area contributed by atoms with Crippen LogP contribution in [-0.4, -0.2) is 93.7 Å². The number of aliphatic hydroxyl groups is 2. The molecular formula is C25H32ClF3N4O5. The summed E-state index contributed by atoms with van der Waals surface area (Å²) in [7, 11) is 0. The number of hydrogen-bond acceptors (Lipinski definition) is 5. The van der Waals surface area contributed by atoms with Gasteiger partial charge in [0, 0.05) is 38.3 Å². The summed E-state index contributed by atoms with van der Waals surface area (Å²) in [6, 6.07) is 0.666.